The van der Waals surface area contributed by atoms with Gasteiger partial charge in [0.25, 0.3) is 5.56 Å². The first-order valence-electron chi connectivity index (χ1n) is 5.52. The molecule has 8 nitrogen and oxygen atoms in total. The summed E-state index contributed by atoms with van der Waals surface area (Å²) in [6.07, 6.45) is 1.95. The average molecular weight is 251 g/mol. The van der Waals surface area contributed by atoms with Gasteiger partial charge in [0, 0.05) is 12.8 Å². The molecule has 0 aliphatic rings. The van der Waals surface area contributed by atoms with Crippen molar-refractivity contribution in [3.8, 4) is 0 Å². The molecular weight excluding hydrogens is 238 g/mol. The third-order valence-corrected chi connectivity index (χ3v) is 2.48. The van der Waals surface area contributed by atoms with Gasteiger partial charge in [-0.1, -0.05) is 0 Å². The van der Waals surface area contributed by atoms with Crippen molar-refractivity contribution in [2.24, 2.45) is 0 Å². The van der Waals surface area contributed by atoms with Crippen LogP contribution in [-0.4, -0.2) is 31.0 Å². The number of aromatic nitrogens is 4. The summed E-state index contributed by atoms with van der Waals surface area (Å²) in [7, 11) is 0. The van der Waals surface area contributed by atoms with Crippen molar-refractivity contribution < 1.29 is 9.90 Å². The number of hydrogen-bond donors (Lipinski definition) is 4. The van der Waals surface area contributed by atoms with Gasteiger partial charge < -0.3 is 15.8 Å². The summed E-state index contributed by atoms with van der Waals surface area (Å²) in [5, 5.41) is 8.50. The van der Waals surface area contributed by atoms with E-state index in [1.54, 1.807) is 0 Å². The maximum Gasteiger partial charge on any atom is 0.303 e. The van der Waals surface area contributed by atoms with E-state index in [0.717, 1.165) is 0 Å². The number of nitrogens with two attached hydrogens (primary N) is 1. The molecule has 0 atom stereocenters. The molecule has 0 amide bonds. The Hall–Kier alpha value is -2.38. The Morgan fingerprint density at radius 3 is 2.78 bits per heavy atom. The molecule has 2 aromatic rings. The first-order valence-corrected chi connectivity index (χ1v) is 5.52. The topological polar surface area (TPSA) is 138 Å². The van der Waals surface area contributed by atoms with Gasteiger partial charge >= 0.3 is 5.97 Å². The Labute approximate surface area is 101 Å². The van der Waals surface area contributed by atoms with Gasteiger partial charge in [-0.3, -0.25) is 14.6 Å². The molecule has 8 heteroatoms. The lowest BCUT2D eigenvalue weighted by Crippen LogP contribution is -2.10. The number of rotatable bonds is 5. The Morgan fingerprint density at radius 2 is 2.06 bits per heavy atom. The molecule has 0 fully saturated rings. The highest BCUT2D eigenvalue weighted by Crippen LogP contribution is 2.08. The Balaban J connectivity index is 2.08. The molecule has 0 spiro atoms. The fourth-order valence-corrected chi connectivity index (χ4v) is 1.66. The van der Waals surface area contributed by atoms with E-state index in [1.165, 1.54) is 0 Å². The third kappa shape index (κ3) is 2.65. The number of H-pyrrole nitrogens is 2. The zero-order valence-corrected chi connectivity index (χ0v) is 9.56. The summed E-state index contributed by atoms with van der Waals surface area (Å²) < 4.78 is 0. The lowest BCUT2D eigenvalue weighted by atomic mass is 10.2. The van der Waals surface area contributed by atoms with Gasteiger partial charge in [0.2, 0.25) is 5.95 Å². The van der Waals surface area contributed by atoms with E-state index in [9.17, 15) is 9.59 Å². The van der Waals surface area contributed by atoms with E-state index in [4.69, 9.17) is 10.8 Å². The van der Waals surface area contributed by atoms with Crippen LogP contribution in [0.15, 0.2) is 4.79 Å². The Morgan fingerprint density at radius 1 is 1.28 bits per heavy atom. The summed E-state index contributed by atoms with van der Waals surface area (Å²) in [5.74, 6) is -0.180. The van der Waals surface area contributed by atoms with Crippen LogP contribution in [0.25, 0.3) is 11.2 Å². The number of carboxylic acids is 1. The van der Waals surface area contributed by atoms with E-state index in [1.807, 2.05) is 0 Å². The minimum atomic E-state index is -0.814. The Kier molecular flexibility index (Phi) is 3.26. The zero-order chi connectivity index (χ0) is 13.1. The van der Waals surface area contributed by atoms with Crippen molar-refractivity contribution in [3.05, 3.63) is 16.2 Å². The molecular formula is C10H13N5O3. The molecule has 0 saturated heterocycles. The maximum atomic E-state index is 11.5. The standard InChI is InChI=1S/C10H13N5O3/c11-10-14-8-7(9(18)15-10)12-5(13-8)3-1-2-4-6(16)17/h1-4H2,(H,16,17)(H4,11,12,13,14,15,18). The first kappa shape index (κ1) is 12.1. The molecule has 2 heterocycles. The van der Waals surface area contributed by atoms with Crippen LogP contribution >= 0.6 is 0 Å². The van der Waals surface area contributed by atoms with E-state index < -0.39 is 5.97 Å². The molecule has 96 valence electrons. The van der Waals surface area contributed by atoms with E-state index in [2.05, 4.69) is 19.9 Å². The van der Waals surface area contributed by atoms with E-state index >= 15 is 0 Å². The van der Waals surface area contributed by atoms with Crippen molar-refractivity contribution in [1.29, 1.82) is 0 Å². The molecule has 2 rings (SSSR count). The largest absolute Gasteiger partial charge is 0.481 e. The monoisotopic (exact) mass is 251 g/mol. The number of aromatic amines is 2. The molecule has 0 bridgehead atoms. The van der Waals surface area contributed by atoms with Gasteiger partial charge in [-0.25, -0.2) is 4.98 Å². The predicted octanol–water partition coefficient (Wildman–Crippen LogP) is 0.0258. The number of unbranched alkanes of at least 4 members (excludes halogenated alkanes) is 1. The van der Waals surface area contributed by atoms with Gasteiger partial charge in [-0.05, 0) is 12.8 Å². The Bertz CT molecular complexity index is 630. The van der Waals surface area contributed by atoms with Crippen molar-refractivity contribution in [3.63, 3.8) is 0 Å². The fourth-order valence-electron chi connectivity index (χ4n) is 1.66. The molecule has 18 heavy (non-hydrogen) atoms. The third-order valence-electron chi connectivity index (χ3n) is 2.48. The van der Waals surface area contributed by atoms with Crippen LogP contribution in [0.2, 0.25) is 0 Å². The van der Waals surface area contributed by atoms with Gasteiger partial charge in [-0.15, -0.1) is 0 Å². The number of nitrogen functional groups attached to an aromatic ring is 1. The van der Waals surface area contributed by atoms with Crippen molar-refractivity contribution in [1.82, 2.24) is 19.9 Å². The fraction of sp³-hybridized carbons (Fsp3) is 0.400. The smallest absolute Gasteiger partial charge is 0.303 e. The highest BCUT2D eigenvalue weighted by molar-refractivity contribution is 5.70. The molecule has 0 saturated carbocycles. The van der Waals surface area contributed by atoms with Crippen LogP contribution in [0.5, 0.6) is 0 Å². The second-order valence-corrected chi connectivity index (χ2v) is 3.93. The van der Waals surface area contributed by atoms with Crippen LogP contribution in [0.1, 0.15) is 25.1 Å². The van der Waals surface area contributed by atoms with Gasteiger partial charge in [0.05, 0.1) is 0 Å². The number of carbonyl (C=O) groups is 1. The minimum Gasteiger partial charge on any atom is -0.481 e. The van der Waals surface area contributed by atoms with Crippen LogP contribution < -0.4 is 11.3 Å². The van der Waals surface area contributed by atoms with Crippen LogP contribution in [0.4, 0.5) is 5.95 Å². The number of imidazole rings is 1. The van der Waals surface area contributed by atoms with E-state index in [-0.39, 0.29) is 29.1 Å². The second kappa shape index (κ2) is 4.86. The second-order valence-electron chi connectivity index (χ2n) is 3.93. The summed E-state index contributed by atoms with van der Waals surface area (Å²) in [5.41, 5.74) is 5.61. The van der Waals surface area contributed by atoms with Crippen molar-refractivity contribution >= 4 is 23.1 Å². The molecule has 0 aromatic carbocycles. The zero-order valence-electron chi connectivity index (χ0n) is 9.56. The quantitative estimate of drug-likeness (QED) is 0.553. The molecule has 0 radical (unpaired) electrons. The molecule has 5 N–H and O–H groups in total. The highest BCUT2D eigenvalue weighted by Gasteiger charge is 2.08. The number of fused-ring (bicyclic) bond motifs is 1. The molecule has 0 unspecified atom stereocenters. The number of carboxylic acid groups (broad SMARTS) is 1. The summed E-state index contributed by atoms with van der Waals surface area (Å²) in [6.45, 7) is 0. The lowest BCUT2D eigenvalue weighted by Gasteiger charge is -1.94. The summed E-state index contributed by atoms with van der Waals surface area (Å²) in [6, 6.07) is 0. The maximum absolute atomic E-state index is 11.5. The van der Waals surface area contributed by atoms with Gasteiger partial charge in [0.1, 0.15) is 5.82 Å². The highest BCUT2D eigenvalue weighted by atomic mass is 16.4. The number of nitrogens with one attached hydrogen (secondary N) is 2. The molecule has 0 aliphatic carbocycles. The number of aliphatic carboxylic acids is 1. The van der Waals surface area contributed by atoms with Crippen LogP contribution in [0, 0.1) is 0 Å². The van der Waals surface area contributed by atoms with Crippen molar-refractivity contribution in [2.45, 2.75) is 25.7 Å². The van der Waals surface area contributed by atoms with E-state index in [0.29, 0.717) is 25.1 Å². The molecule has 0 aliphatic heterocycles. The van der Waals surface area contributed by atoms with Crippen LogP contribution in [0.3, 0.4) is 0 Å². The minimum absolute atomic E-state index is 0.0245. The van der Waals surface area contributed by atoms with Gasteiger partial charge in [0.15, 0.2) is 11.2 Å². The van der Waals surface area contributed by atoms with Gasteiger partial charge in [-0.2, -0.15) is 4.98 Å². The average Bonchev–Trinajstić information content (AvgIpc) is 2.67. The van der Waals surface area contributed by atoms with Crippen LogP contribution in [-0.2, 0) is 11.2 Å². The number of nitrogens with zero attached hydrogens (tertiary/aromatic N) is 2. The predicted molar refractivity (Wildman–Crippen MR) is 64.1 cm³/mol. The summed E-state index contributed by atoms with van der Waals surface area (Å²) >= 11 is 0. The number of hydrogen-bond acceptors (Lipinski definition) is 5. The van der Waals surface area contributed by atoms with Crippen molar-refractivity contribution in [2.75, 3.05) is 5.73 Å². The number of aryl methyl sites for hydroxylation is 1. The summed E-state index contributed by atoms with van der Waals surface area (Å²) in [4.78, 5) is 35.1. The first-order chi connectivity index (χ1) is 8.56. The normalized spacial score (nSPS) is 10.9. The lowest BCUT2D eigenvalue weighted by molar-refractivity contribution is -0.137. The molecule has 2 aromatic heterocycles. The SMILES string of the molecule is Nc1nc2nc(CCCCC(=O)O)[nH]c2c(=O)[nH]1. The number of anilines is 1.